The molecule has 0 saturated carbocycles. The number of pyridine rings is 1. The molecule has 0 atom stereocenters. The predicted molar refractivity (Wildman–Crippen MR) is 214 cm³/mol. The molecule has 0 aliphatic heterocycles. The van der Waals surface area contributed by atoms with Crippen molar-refractivity contribution in [2.45, 2.75) is 93.4 Å². The zero-order valence-electron chi connectivity index (χ0n) is 30.9. The van der Waals surface area contributed by atoms with E-state index in [1.54, 1.807) is 11.3 Å². The molecular formula is C44H50IrNO2S2-. The Kier molecular flexibility index (Phi) is 12.7. The molecule has 1 N–H and O–H groups in total. The van der Waals surface area contributed by atoms with Gasteiger partial charge in [0.1, 0.15) is 5.76 Å². The van der Waals surface area contributed by atoms with Gasteiger partial charge in [-0.05, 0) is 77.1 Å². The van der Waals surface area contributed by atoms with Crippen LogP contribution in [0.5, 0.6) is 0 Å². The van der Waals surface area contributed by atoms with E-state index in [2.05, 4.69) is 98.9 Å². The van der Waals surface area contributed by atoms with Gasteiger partial charge < -0.3 is 5.11 Å². The van der Waals surface area contributed by atoms with E-state index in [9.17, 15) is 9.90 Å². The Labute approximate surface area is 320 Å². The summed E-state index contributed by atoms with van der Waals surface area (Å²) in [5.41, 5.74) is 4.13. The second kappa shape index (κ2) is 16.0. The Bertz CT molecular complexity index is 2120. The minimum absolute atomic E-state index is 0. The number of carbonyl (C=O) groups is 1. The number of ketones is 1. The van der Waals surface area contributed by atoms with Gasteiger partial charge in [-0.15, -0.1) is 51.8 Å². The average molecular weight is 881 g/mol. The molecule has 265 valence electrons. The third kappa shape index (κ3) is 8.15. The Morgan fingerprint density at radius 2 is 1.52 bits per heavy atom. The molecule has 0 spiro atoms. The van der Waals surface area contributed by atoms with Gasteiger partial charge in [0.05, 0.1) is 0 Å². The molecule has 0 fully saturated rings. The molecule has 0 bridgehead atoms. The standard InChI is InChI=1S/C29H22NS2.C15H28O2.Ir/c1-29(2,3)24-15-22(14-19-6-4-5-7-23(19)24)27-28-21(10-12-30-27)17-26(32-28)20-9-8-18-11-13-31-25(18)16-20;1-7-14(5,8-2)12(16)11-13(17)15(6,9-3)10-4;/h4-13,15-17H,1-3H3;11,16H,7-10H2,1-6H3;/q-1;;/b;12-11-;. The first-order chi connectivity index (χ1) is 23.3. The zero-order chi connectivity index (χ0) is 35.6. The minimum atomic E-state index is -0.337. The summed E-state index contributed by atoms with van der Waals surface area (Å²) in [6, 6.07) is 27.9. The topological polar surface area (TPSA) is 50.2 Å². The van der Waals surface area contributed by atoms with Gasteiger partial charge in [-0.25, -0.2) is 0 Å². The van der Waals surface area contributed by atoms with E-state index < -0.39 is 0 Å². The summed E-state index contributed by atoms with van der Waals surface area (Å²) in [5.74, 6) is 0.286. The molecule has 6 heteroatoms. The number of aromatic nitrogens is 1. The molecule has 3 aromatic carbocycles. The van der Waals surface area contributed by atoms with Crippen LogP contribution in [-0.4, -0.2) is 15.9 Å². The number of rotatable bonds is 9. The number of carbonyl (C=O) groups excluding carboxylic acids is 1. The number of aliphatic hydroxyl groups is 1. The van der Waals surface area contributed by atoms with E-state index in [1.807, 2.05) is 59.1 Å². The smallest absolute Gasteiger partial charge is 0.164 e. The maximum absolute atomic E-state index is 12.2. The molecule has 0 amide bonds. The molecule has 0 aliphatic carbocycles. The minimum Gasteiger partial charge on any atom is -0.512 e. The summed E-state index contributed by atoms with van der Waals surface area (Å²) in [4.78, 5) is 18.3. The first kappa shape index (κ1) is 39.6. The Morgan fingerprint density at radius 3 is 2.18 bits per heavy atom. The number of allylic oxidation sites excluding steroid dienone is 2. The van der Waals surface area contributed by atoms with E-state index >= 15 is 0 Å². The summed E-state index contributed by atoms with van der Waals surface area (Å²) < 4.78 is 2.55. The maximum atomic E-state index is 12.2. The Morgan fingerprint density at radius 1 is 0.840 bits per heavy atom. The number of hydrogen-bond acceptors (Lipinski definition) is 5. The van der Waals surface area contributed by atoms with Crippen molar-refractivity contribution in [2.24, 2.45) is 10.8 Å². The van der Waals surface area contributed by atoms with Crippen molar-refractivity contribution in [3.8, 4) is 21.7 Å². The Hall–Kier alpha value is -3.15. The summed E-state index contributed by atoms with van der Waals surface area (Å²) in [7, 11) is 0. The van der Waals surface area contributed by atoms with Gasteiger partial charge in [-0.3, -0.25) is 9.78 Å². The molecule has 1 radical (unpaired) electrons. The number of hydrogen-bond donors (Lipinski definition) is 1. The normalized spacial score (nSPS) is 12.5. The van der Waals surface area contributed by atoms with Crippen LogP contribution < -0.4 is 0 Å². The van der Waals surface area contributed by atoms with Crippen LogP contribution in [0, 0.1) is 16.9 Å². The van der Waals surface area contributed by atoms with Crippen molar-refractivity contribution in [3.63, 3.8) is 0 Å². The van der Waals surface area contributed by atoms with Gasteiger partial charge in [-0.1, -0.05) is 104 Å². The fourth-order valence-corrected chi connectivity index (χ4v) is 8.05. The van der Waals surface area contributed by atoms with Crippen LogP contribution in [0.4, 0.5) is 0 Å². The van der Waals surface area contributed by atoms with Crippen molar-refractivity contribution in [1.82, 2.24) is 4.98 Å². The summed E-state index contributed by atoms with van der Waals surface area (Å²) >= 11 is 3.62. The quantitative estimate of drug-likeness (QED) is 0.0894. The Balaban J connectivity index is 0.000000269. The van der Waals surface area contributed by atoms with Crippen molar-refractivity contribution >= 4 is 59.4 Å². The second-order valence-electron chi connectivity index (χ2n) is 14.7. The SMILES string of the molecule is CC(C)(C)c1cc(-c2nccc3cc(-c4ccc5ccsc5c4)sc23)[c-]c2ccccc12.CCC(C)(CC)C(=O)/C=C(\O)C(C)(CC)CC.[Ir]. The molecule has 50 heavy (non-hydrogen) atoms. The van der Waals surface area contributed by atoms with Crippen LogP contribution in [0.1, 0.15) is 93.6 Å². The largest absolute Gasteiger partial charge is 0.512 e. The van der Waals surface area contributed by atoms with Crippen molar-refractivity contribution in [2.75, 3.05) is 0 Å². The molecule has 6 aromatic rings. The predicted octanol–water partition coefficient (Wildman–Crippen LogP) is 13.7. The zero-order valence-corrected chi connectivity index (χ0v) is 34.9. The maximum Gasteiger partial charge on any atom is 0.164 e. The van der Waals surface area contributed by atoms with Gasteiger partial charge in [0.2, 0.25) is 0 Å². The first-order valence-corrected chi connectivity index (χ1v) is 19.2. The summed E-state index contributed by atoms with van der Waals surface area (Å²) in [6.45, 7) is 18.9. The average Bonchev–Trinajstić information content (AvgIpc) is 3.77. The summed E-state index contributed by atoms with van der Waals surface area (Å²) in [6.07, 6.45) is 6.68. The molecular weight excluding hydrogens is 831 g/mol. The second-order valence-corrected chi connectivity index (χ2v) is 16.7. The van der Waals surface area contributed by atoms with Crippen molar-refractivity contribution in [3.05, 3.63) is 102 Å². The molecule has 3 aromatic heterocycles. The number of fused-ring (bicyclic) bond motifs is 3. The molecule has 3 heterocycles. The van der Waals surface area contributed by atoms with Gasteiger partial charge in [0.25, 0.3) is 0 Å². The van der Waals surface area contributed by atoms with Crippen LogP contribution in [0.2, 0.25) is 0 Å². The van der Waals surface area contributed by atoms with Gasteiger partial charge in [0.15, 0.2) is 5.78 Å². The van der Waals surface area contributed by atoms with E-state index in [-0.39, 0.29) is 47.9 Å². The number of nitrogens with zero attached hydrogens (tertiary/aromatic N) is 1. The number of benzene rings is 3. The van der Waals surface area contributed by atoms with E-state index in [0.717, 1.165) is 42.3 Å². The number of aliphatic hydroxyl groups excluding tert-OH is 1. The third-order valence-electron chi connectivity index (χ3n) is 10.6. The molecule has 0 unspecified atom stereocenters. The van der Waals surface area contributed by atoms with Crippen molar-refractivity contribution in [1.29, 1.82) is 0 Å². The molecule has 0 aliphatic rings. The van der Waals surface area contributed by atoms with Gasteiger partial charge in [-0.2, -0.15) is 0 Å². The fourth-order valence-electron chi connectivity index (χ4n) is 6.07. The van der Waals surface area contributed by atoms with E-state index in [4.69, 9.17) is 4.98 Å². The monoisotopic (exact) mass is 881 g/mol. The number of thiophene rings is 2. The molecule has 3 nitrogen and oxygen atoms in total. The van der Waals surface area contributed by atoms with Crippen LogP contribution in [0.25, 0.3) is 52.6 Å². The van der Waals surface area contributed by atoms with E-state index in [0.29, 0.717) is 0 Å². The fraction of sp³-hybridized carbons (Fsp3) is 0.364. The molecule has 0 saturated heterocycles. The van der Waals surface area contributed by atoms with Crippen LogP contribution in [0.3, 0.4) is 0 Å². The van der Waals surface area contributed by atoms with Crippen LogP contribution in [-0.2, 0) is 30.3 Å². The third-order valence-corrected chi connectivity index (χ3v) is 12.7. The van der Waals surface area contributed by atoms with Gasteiger partial charge >= 0.3 is 0 Å². The first-order valence-electron chi connectivity index (χ1n) is 17.5. The summed E-state index contributed by atoms with van der Waals surface area (Å²) in [5, 5.41) is 17.3. The van der Waals surface area contributed by atoms with Crippen LogP contribution in [0.15, 0.2) is 90.1 Å². The van der Waals surface area contributed by atoms with E-state index in [1.165, 1.54) is 47.6 Å². The van der Waals surface area contributed by atoms with Crippen LogP contribution >= 0.6 is 22.7 Å². The molecule has 6 rings (SSSR count). The van der Waals surface area contributed by atoms with Gasteiger partial charge in [0, 0.05) is 63.2 Å². The van der Waals surface area contributed by atoms with Crippen molar-refractivity contribution < 1.29 is 30.0 Å².